The quantitative estimate of drug-likeness (QED) is 0.272. The van der Waals surface area contributed by atoms with Crippen LogP contribution in [-0.2, 0) is 32.0 Å². The zero-order valence-corrected chi connectivity index (χ0v) is 23.2. The molecular formula is C24H25F3N6O6S2. The van der Waals surface area contributed by atoms with Crippen molar-refractivity contribution in [1.82, 2.24) is 14.9 Å². The number of carbonyl (C=O) groups is 2. The molecule has 0 saturated carbocycles. The number of ether oxygens (including phenoxy) is 2. The number of fused-ring (bicyclic) bond motifs is 1. The van der Waals surface area contributed by atoms with E-state index in [9.17, 15) is 31.5 Å². The second-order valence-corrected chi connectivity index (χ2v) is 11.2. The minimum Gasteiger partial charge on any atom is -0.467 e. The number of hydrogen-bond donors (Lipinski definition) is 2. The van der Waals surface area contributed by atoms with Gasteiger partial charge in [-0.25, -0.2) is 23.3 Å². The molecule has 3 aromatic rings. The van der Waals surface area contributed by atoms with E-state index in [1.54, 1.807) is 0 Å². The molecule has 1 amide bonds. The number of nitrogens with two attached hydrogens (primary N) is 1. The summed E-state index contributed by atoms with van der Waals surface area (Å²) in [6.07, 6.45) is -1.57. The van der Waals surface area contributed by atoms with Crippen molar-refractivity contribution in [2.75, 3.05) is 41.7 Å². The van der Waals surface area contributed by atoms with E-state index in [-0.39, 0.29) is 29.7 Å². The minimum absolute atomic E-state index is 0.0133. The van der Waals surface area contributed by atoms with E-state index in [4.69, 9.17) is 10.5 Å². The predicted molar refractivity (Wildman–Crippen MR) is 145 cm³/mol. The average Bonchev–Trinajstić information content (AvgIpc) is 3.48. The SMILES string of the molecule is COC(=O)[C@@H](Cc1cc2ccnc(N)c2cc1OC(F)(F)F)N1CC[C@H](N(c2cnc(N3CCC3)s2)S(=O)O)C1=O. The number of nitrogens with zero attached hydrogens (tertiary/aromatic N) is 5. The Kier molecular flexibility index (Phi) is 7.93. The Morgan fingerprint density at radius 3 is 2.71 bits per heavy atom. The van der Waals surface area contributed by atoms with Gasteiger partial charge in [-0.1, -0.05) is 11.3 Å². The number of anilines is 3. The fourth-order valence-corrected chi connectivity index (χ4v) is 6.72. The Balaban J connectivity index is 1.46. The van der Waals surface area contributed by atoms with Gasteiger partial charge < -0.3 is 25.0 Å². The van der Waals surface area contributed by atoms with Crippen molar-refractivity contribution in [2.45, 2.75) is 37.7 Å². The zero-order chi connectivity index (χ0) is 29.5. The van der Waals surface area contributed by atoms with Crippen molar-refractivity contribution in [3.63, 3.8) is 0 Å². The van der Waals surface area contributed by atoms with Crippen molar-refractivity contribution in [3.8, 4) is 5.75 Å². The largest absolute Gasteiger partial charge is 0.573 e. The molecule has 3 N–H and O–H groups in total. The first-order chi connectivity index (χ1) is 19.5. The average molecular weight is 615 g/mol. The first-order valence-electron chi connectivity index (χ1n) is 12.4. The number of hydrogen-bond acceptors (Lipinski definition) is 10. The summed E-state index contributed by atoms with van der Waals surface area (Å²) in [7, 11) is 1.09. The van der Waals surface area contributed by atoms with Crippen LogP contribution in [0.2, 0.25) is 0 Å². The number of methoxy groups -OCH3 is 1. The molecule has 1 unspecified atom stereocenters. The maximum absolute atomic E-state index is 13.6. The second-order valence-electron chi connectivity index (χ2n) is 9.38. The summed E-state index contributed by atoms with van der Waals surface area (Å²) in [5.41, 5.74) is 5.81. The van der Waals surface area contributed by atoms with Crippen LogP contribution in [0.4, 0.5) is 29.1 Å². The van der Waals surface area contributed by atoms with Gasteiger partial charge in [-0.15, -0.1) is 13.2 Å². The first-order valence-corrected chi connectivity index (χ1v) is 14.3. The molecule has 0 aliphatic carbocycles. The minimum atomic E-state index is -5.05. The van der Waals surface area contributed by atoms with Crippen molar-refractivity contribution >= 4 is 61.2 Å². The smallest absolute Gasteiger partial charge is 0.467 e. The highest BCUT2D eigenvalue weighted by Gasteiger charge is 2.45. The number of likely N-dealkylation sites (tertiary alicyclic amines) is 1. The Hall–Kier alpha value is -3.70. The number of halogens is 3. The molecule has 12 nitrogen and oxygen atoms in total. The van der Waals surface area contributed by atoms with Crippen LogP contribution in [0.1, 0.15) is 18.4 Å². The van der Waals surface area contributed by atoms with E-state index in [1.807, 2.05) is 4.90 Å². The topological polar surface area (TPSA) is 151 Å². The molecule has 220 valence electrons. The number of rotatable bonds is 9. The first kappa shape index (κ1) is 28.8. The lowest BCUT2D eigenvalue weighted by molar-refractivity contribution is -0.274. The van der Waals surface area contributed by atoms with Crippen LogP contribution < -0.4 is 19.7 Å². The summed E-state index contributed by atoms with van der Waals surface area (Å²) in [5.74, 6) is -2.15. The molecule has 17 heteroatoms. The van der Waals surface area contributed by atoms with Crippen molar-refractivity contribution in [1.29, 1.82) is 0 Å². The van der Waals surface area contributed by atoms with Crippen LogP contribution in [-0.4, -0.2) is 80.7 Å². The molecule has 2 fully saturated rings. The van der Waals surface area contributed by atoms with Crippen LogP contribution in [0.15, 0.2) is 30.6 Å². The third kappa shape index (κ3) is 5.87. The van der Waals surface area contributed by atoms with Crippen molar-refractivity contribution < 1.29 is 41.0 Å². The van der Waals surface area contributed by atoms with Crippen molar-refractivity contribution in [3.05, 3.63) is 36.2 Å². The summed E-state index contributed by atoms with van der Waals surface area (Å²) in [4.78, 5) is 37.9. The molecule has 2 saturated heterocycles. The lowest BCUT2D eigenvalue weighted by atomic mass is 10.00. The second kappa shape index (κ2) is 11.3. The standard InChI is InChI=1S/C24H25F3N6O6S2/c1-38-22(35)17(10-14-9-13-3-5-29-20(28)15(13)11-18(14)39-24(25,26)27)32-8-4-16(21(32)34)33(41(36)37)19-12-30-23(40-19)31-6-2-7-31/h3,5,9,11-12,16-17H,2,4,6-8,10H2,1H3,(H2,28,29)(H,36,37)/t16-,17+/m0/s1. The number of amides is 1. The van der Waals surface area contributed by atoms with Crippen LogP contribution >= 0.6 is 11.3 Å². The van der Waals surface area contributed by atoms with Crippen molar-refractivity contribution in [2.24, 2.45) is 0 Å². The maximum Gasteiger partial charge on any atom is 0.573 e. The summed E-state index contributed by atoms with van der Waals surface area (Å²) >= 11 is -1.44. The Morgan fingerprint density at radius 2 is 2.07 bits per heavy atom. The molecule has 41 heavy (non-hydrogen) atoms. The number of esters is 1. The summed E-state index contributed by atoms with van der Waals surface area (Å²) in [5, 5.41) is 1.61. The van der Waals surface area contributed by atoms with Crippen LogP contribution in [0.5, 0.6) is 5.75 Å². The fourth-order valence-electron chi connectivity index (χ4n) is 4.88. The van der Waals surface area contributed by atoms with E-state index in [0.717, 1.165) is 53.2 Å². The number of nitrogen functional groups attached to an aromatic ring is 1. The number of aromatic nitrogens is 2. The van der Waals surface area contributed by atoms with E-state index < -0.39 is 53.8 Å². The van der Waals surface area contributed by atoms with Gasteiger partial charge in [0.15, 0.2) is 5.13 Å². The maximum atomic E-state index is 13.6. The molecule has 0 spiro atoms. The van der Waals surface area contributed by atoms with Gasteiger partial charge in [0.1, 0.15) is 28.7 Å². The lowest BCUT2D eigenvalue weighted by Gasteiger charge is -2.30. The van der Waals surface area contributed by atoms with E-state index in [2.05, 4.69) is 14.7 Å². The number of pyridine rings is 1. The summed E-state index contributed by atoms with van der Waals surface area (Å²) < 4.78 is 72.6. The predicted octanol–water partition coefficient (Wildman–Crippen LogP) is 2.71. The molecule has 0 bridgehead atoms. The molecule has 3 atom stereocenters. The normalized spacial score (nSPS) is 18.8. The van der Waals surface area contributed by atoms with Gasteiger partial charge in [0, 0.05) is 37.6 Å². The van der Waals surface area contributed by atoms with Gasteiger partial charge in [0.25, 0.3) is 11.3 Å². The molecule has 5 rings (SSSR count). The van der Waals surface area contributed by atoms with Gasteiger partial charge in [-0.3, -0.25) is 9.35 Å². The summed E-state index contributed by atoms with van der Waals surface area (Å²) in [6.45, 7) is 1.60. The molecule has 2 aromatic heterocycles. The van der Waals surface area contributed by atoms with Gasteiger partial charge in [-0.2, -0.15) is 0 Å². The number of benzene rings is 1. The van der Waals surface area contributed by atoms with Gasteiger partial charge in [-0.05, 0) is 42.0 Å². The highest BCUT2D eigenvalue weighted by molar-refractivity contribution is 7.81. The van der Waals surface area contributed by atoms with Crippen LogP contribution in [0.25, 0.3) is 10.8 Å². The molecule has 2 aliphatic heterocycles. The molecule has 4 heterocycles. The highest BCUT2D eigenvalue weighted by Crippen LogP contribution is 2.37. The Morgan fingerprint density at radius 1 is 1.32 bits per heavy atom. The van der Waals surface area contributed by atoms with Gasteiger partial charge in [0.05, 0.1) is 13.3 Å². The fraction of sp³-hybridized carbons (Fsp3) is 0.417. The van der Waals surface area contributed by atoms with E-state index >= 15 is 0 Å². The van der Waals surface area contributed by atoms with E-state index in [0.29, 0.717) is 15.5 Å². The Labute approximate surface area is 238 Å². The molecule has 0 radical (unpaired) electrons. The lowest BCUT2D eigenvalue weighted by Crippen LogP contribution is -2.49. The molecular weight excluding hydrogens is 589 g/mol. The van der Waals surface area contributed by atoms with Gasteiger partial charge in [0.2, 0.25) is 5.91 Å². The highest BCUT2D eigenvalue weighted by atomic mass is 32.2. The zero-order valence-electron chi connectivity index (χ0n) is 21.5. The number of alkyl halides is 3. The van der Waals surface area contributed by atoms with Gasteiger partial charge >= 0.3 is 12.3 Å². The van der Waals surface area contributed by atoms with E-state index in [1.165, 1.54) is 24.5 Å². The monoisotopic (exact) mass is 614 g/mol. The Bertz CT molecular complexity index is 1500. The number of thiazole rings is 1. The third-order valence-electron chi connectivity index (χ3n) is 6.95. The third-order valence-corrected chi connectivity index (χ3v) is 8.91. The molecule has 2 aliphatic rings. The number of carbonyl (C=O) groups excluding carboxylic acids is 2. The summed E-state index contributed by atoms with van der Waals surface area (Å²) in [6, 6.07) is 1.53. The molecule has 1 aromatic carbocycles. The van der Waals surface area contributed by atoms with Crippen LogP contribution in [0, 0.1) is 0 Å². The van der Waals surface area contributed by atoms with Crippen LogP contribution in [0.3, 0.4) is 0 Å².